The zero-order valence-corrected chi connectivity index (χ0v) is 14.9. The summed E-state index contributed by atoms with van der Waals surface area (Å²) in [5.41, 5.74) is 3.74. The molecule has 0 aliphatic heterocycles. The van der Waals surface area contributed by atoms with E-state index in [1.807, 2.05) is 76.2 Å². The maximum absolute atomic E-state index is 12.4. The van der Waals surface area contributed by atoms with Gasteiger partial charge in [-0.2, -0.15) is 0 Å². The number of rotatable bonds is 5. The summed E-state index contributed by atoms with van der Waals surface area (Å²) in [5, 5.41) is 6.05. The van der Waals surface area contributed by atoms with Crippen LogP contribution in [0, 0.1) is 0 Å². The van der Waals surface area contributed by atoms with E-state index >= 15 is 0 Å². The smallest absolute Gasteiger partial charge is 0.315 e. The van der Waals surface area contributed by atoms with Crippen LogP contribution in [0.5, 0.6) is 0 Å². The first-order chi connectivity index (χ1) is 11.3. The van der Waals surface area contributed by atoms with Crippen LogP contribution in [0.25, 0.3) is 5.57 Å². The van der Waals surface area contributed by atoms with E-state index < -0.39 is 5.54 Å². The van der Waals surface area contributed by atoms with E-state index in [1.54, 1.807) is 0 Å². The Hall–Kier alpha value is -2.55. The van der Waals surface area contributed by atoms with Gasteiger partial charge in [-0.1, -0.05) is 60.7 Å². The zero-order valence-electron chi connectivity index (χ0n) is 14.9. The number of hydrogen-bond acceptors (Lipinski definition) is 1. The normalized spacial score (nSPS) is 12.3. The van der Waals surface area contributed by atoms with Crippen LogP contribution in [0.4, 0.5) is 4.79 Å². The summed E-state index contributed by atoms with van der Waals surface area (Å²) >= 11 is 0. The molecule has 0 aliphatic rings. The molecule has 0 saturated carbocycles. The summed E-state index contributed by atoms with van der Waals surface area (Å²) in [6, 6.07) is 17.8. The van der Waals surface area contributed by atoms with Crippen molar-refractivity contribution in [2.75, 3.05) is 0 Å². The topological polar surface area (TPSA) is 41.1 Å². The predicted octanol–water partition coefficient (Wildman–Crippen LogP) is 5.02. The molecule has 2 rings (SSSR count). The summed E-state index contributed by atoms with van der Waals surface area (Å²) in [5.74, 6) is 0. The van der Waals surface area contributed by atoms with Gasteiger partial charge < -0.3 is 10.6 Å². The van der Waals surface area contributed by atoms with Gasteiger partial charge in [0.25, 0.3) is 0 Å². The SMILES string of the molecule is C=C(C)c1cccc(C(C)(C)NC(=O)N[C@@H](C)c2ccccc2)c1. The molecule has 2 aromatic carbocycles. The molecule has 2 aromatic rings. The lowest BCUT2D eigenvalue weighted by atomic mass is 9.92. The molecule has 1 atom stereocenters. The number of hydrogen-bond donors (Lipinski definition) is 2. The minimum absolute atomic E-state index is 0.0521. The fourth-order valence-corrected chi connectivity index (χ4v) is 2.59. The van der Waals surface area contributed by atoms with E-state index in [2.05, 4.69) is 23.3 Å². The lowest BCUT2D eigenvalue weighted by Gasteiger charge is -2.28. The van der Waals surface area contributed by atoms with E-state index in [1.165, 1.54) is 0 Å². The summed E-state index contributed by atoms with van der Waals surface area (Å²) in [7, 11) is 0. The van der Waals surface area contributed by atoms with Crippen LogP contribution < -0.4 is 10.6 Å². The molecule has 3 heteroatoms. The maximum Gasteiger partial charge on any atom is 0.315 e. The van der Waals surface area contributed by atoms with Gasteiger partial charge in [-0.15, -0.1) is 0 Å². The van der Waals surface area contributed by atoms with Gasteiger partial charge in [0.1, 0.15) is 0 Å². The van der Waals surface area contributed by atoms with E-state index in [-0.39, 0.29) is 12.1 Å². The number of allylic oxidation sites excluding steroid dienone is 1. The third-order valence-corrected chi connectivity index (χ3v) is 4.15. The molecule has 0 heterocycles. The monoisotopic (exact) mass is 322 g/mol. The van der Waals surface area contributed by atoms with Crippen LogP contribution in [0.15, 0.2) is 61.2 Å². The first-order valence-electron chi connectivity index (χ1n) is 8.19. The highest BCUT2D eigenvalue weighted by Crippen LogP contribution is 2.23. The van der Waals surface area contributed by atoms with Crippen LogP contribution in [-0.2, 0) is 5.54 Å². The number of benzene rings is 2. The molecule has 0 radical (unpaired) electrons. The molecular formula is C21H26N2O. The molecule has 0 aliphatic carbocycles. The number of amides is 2. The van der Waals surface area contributed by atoms with Gasteiger partial charge in [0.2, 0.25) is 0 Å². The van der Waals surface area contributed by atoms with Gasteiger partial charge in [0.05, 0.1) is 11.6 Å². The minimum atomic E-state index is -0.480. The highest BCUT2D eigenvalue weighted by molar-refractivity contribution is 5.75. The molecule has 0 saturated heterocycles. The van der Waals surface area contributed by atoms with Gasteiger partial charge >= 0.3 is 6.03 Å². The second-order valence-electron chi connectivity index (χ2n) is 6.72. The third kappa shape index (κ3) is 4.48. The Kier molecular flexibility index (Phi) is 5.45. The predicted molar refractivity (Wildman–Crippen MR) is 101 cm³/mol. The van der Waals surface area contributed by atoms with Crippen molar-refractivity contribution >= 4 is 11.6 Å². The second-order valence-corrected chi connectivity index (χ2v) is 6.72. The molecule has 3 nitrogen and oxygen atoms in total. The largest absolute Gasteiger partial charge is 0.332 e. The van der Waals surface area contributed by atoms with Crippen molar-refractivity contribution in [1.29, 1.82) is 0 Å². The highest BCUT2D eigenvalue weighted by atomic mass is 16.2. The average Bonchev–Trinajstić information content (AvgIpc) is 2.55. The van der Waals surface area contributed by atoms with Crippen molar-refractivity contribution in [3.63, 3.8) is 0 Å². The van der Waals surface area contributed by atoms with E-state index in [0.717, 1.165) is 22.3 Å². The molecule has 0 fully saturated rings. The second kappa shape index (κ2) is 7.35. The Bertz CT molecular complexity index is 720. The molecule has 2 N–H and O–H groups in total. The molecule has 0 bridgehead atoms. The van der Waals surface area contributed by atoms with Gasteiger partial charge in [-0.25, -0.2) is 4.79 Å². The Morgan fingerprint density at radius 3 is 2.38 bits per heavy atom. The summed E-state index contributed by atoms with van der Waals surface area (Å²) in [6.07, 6.45) is 0. The lowest BCUT2D eigenvalue weighted by molar-refractivity contribution is 0.227. The zero-order chi connectivity index (χ0) is 17.7. The molecule has 0 aromatic heterocycles. The van der Waals surface area contributed by atoms with Crippen molar-refractivity contribution in [3.05, 3.63) is 77.9 Å². The fourth-order valence-electron chi connectivity index (χ4n) is 2.59. The van der Waals surface area contributed by atoms with Gasteiger partial charge in [-0.3, -0.25) is 0 Å². The van der Waals surface area contributed by atoms with Crippen LogP contribution in [-0.4, -0.2) is 6.03 Å². The highest BCUT2D eigenvalue weighted by Gasteiger charge is 2.24. The fraction of sp³-hybridized carbons (Fsp3) is 0.286. The summed E-state index contributed by atoms with van der Waals surface area (Å²) in [6.45, 7) is 11.9. The van der Waals surface area contributed by atoms with Gasteiger partial charge in [0, 0.05) is 0 Å². The Labute approximate surface area is 144 Å². The molecule has 0 spiro atoms. The summed E-state index contributed by atoms with van der Waals surface area (Å²) < 4.78 is 0. The van der Waals surface area contributed by atoms with Crippen LogP contribution in [0.3, 0.4) is 0 Å². The first-order valence-corrected chi connectivity index (χ1v) is 8.19. The Morgan fingerprint density at radius 2 is 1.75 bits per heavy atom. The number of nitrogens with one attached hydrogen (secondary N) is 2. The first kappa shape index (κ1) is 17.8. The number of urea groups is 1. The van der Waals surface area contributed by atoms with E-state index in [0.29, 0.717) is 0 Å². The third-order valence-electron chi connectivity index (χ3n) is 4.15. The van der Waals surface area contributed by atoms with Crippen LogP contribution in [0.2, 0.25) is 0 Å². The summed E-state index contributed by atoms with van der Waals surface area (Å²) in [4.78, 5) is 12.4. The van der Waals surface area contributed by atoms with Gasteiger partial charge in [0.15, 0.2) is 0 Å². The van der Waals surface area contributed by atoms with Crippen molar-refractivity contribution < 1.29 is 4.79 Å². The molecule has 2 amide bonds. The number of carbonyl (C=O) groups excluding carboxylic acids is 1. The Balaban J connectivity index is 2.07. The molecular weight excluding hydrogens is 296 g/mol. The molecule has 24 heavy (non-hydrogen) atoms. The standard InChI is InChI=1S/C21H26N2O/c1-15(2)18-12-9-13-19(14-18)21(4,5)23-20(24)22-16(3)17-10-7-6-8-11-17/h6-14,16H,1H2,2-5H3,(H2,22,23,24)/t16-/m0/s1. The van der Waals surface area contributed by atoms with Crippen LogP contribution >= 0.6 is 0 Å². The lowest BCUT2D eigenvalue weighted by Crippen LogP contribution is -2.47. The maximum atomic E-state index is 12.4. The van der Waals surface area contributed by atoms with Crippen molar-refractivity contribution in [2.24, 2.45) is 0 Å². The Morgan fingerprint density at radius 1 is 1.08 bits per heavy atom. The van der Waals surface area contributed by atoms with Gasteiger partial charge in [-0.05, 0) is 50.5 Å². The average molecular weight is 322 g/mol. The van der Waals surface area contributed by atoms with Crippen molar-refractivity contribution in [2.45, 2.75) is 39.3 Å². The van der Waals surface area contributed by atoms with Crippen LogP contribution in [0.1, 0.15) is 50.4 Å². The molecule has 0 unspecified atom stereocenters. The number of carbonyl (C=O) groups is 1. The van der Waals surface area contributed by atoms with E-state index in [9.17, 15) is 4.79 Å². The minimum Gasteiger partial charge on any atom is -0.332 e. The quantitative estimate of drug-likeness (QED) is 0.797. The van der Waals surface area contributed by atoms with E-state index in [4.69, 9.17) is 0 Å². The molecule has 126 valence electrons. The van der Waals surface area contributed by atoms with Crippen molar-refractivity contribution in [3.8, 4) is 0 Å². The van der Waals surface area contributed by atoms with Crippen molar-refractivity contribution in [1.82, 2.24) is 10.6 Å².